The van der Waals surface area contributed by atoms with E-state index in [1.54, 1.807) is 0 Å². The van der Waals surface area contributed by atoms with E-state index in [1.807, 2.05) is 5.32 Å². The summed E-state index contributed by atoms with van der Waals surface area (Å²) in [5.74, 6) is -1.84. The number of halogens is 3. The average molecular weight is 221 g/mol. The van der Waals surface area contributed by atoms with Gasteiger partial charge in [0, 0.05) is 12.4 Å². The van der Waals surface area contributed by atoms with Crippen LogP contribution in [-0.4, -0.2) is 33.8 Å². The monoisotopic (exact) mass is 221 g/mol. The fraction of sp³-hybridized carbons (Fsp3) is 0.286. The lowest BCUT2D eigenvalue weighted by atomic mass is 10.4. The summed E-state index contributed by atoms with van der Waals surface area (Å²) in [6, 6.07) is 0. The first-order valence-electron chi connectivity index (χ1n) is 3.75. The maximum Gasteiger partial charge on any atom is 0.405 e. The molecule has 82 valence electrons. The van der Waals surface area contributed by atoms with Crippen molar-refractivity contribution in [3.05, 3.63) is 18.1 Å². The number of aromatic carboxylic acids is 1. The lowest BCUT2D eigenvalue weighted by Crippen LogP contribution is -2.23. The van der Waals surface area contributed by atoms with Crippen LogP contribution in [0.1, 0.15) is 10.5 Å². The summed E-state index contributed by atoms with van der Waals surface area (Å²) in [6.45, 7) is -1.36. The summed E-state index contributed by atoms with van der Waals surface area (Å²) < 4.78 is 35.4. The third kappa shape index (κ3) is 3.41. The van der Waals surface area contributed by atoms with Crippen molar-refractivity contribution >= 4 is 11.8 Å². The molecule has 5 nitrogen and oxygen atoms in total. The largest absolute Gasteiger partial charge is 0.476 e. The molecule has 0 aliphatic heterocycles. The highest BCUT2D eigenvalue weighted by Crippen LogP contribution is 2.16. The first kappa shape index (κ1) is 11.2. The summed E-state index contributed by atoms with van der Waals surface area (Å²) in [5, 5.41) is 10.4. The number of hydrogen-bond acceptors (Lipinski definition) is 4. The van der Waals surface area contributed by atoms with Gasteiger partial charge in [0.1, 0.15) is 6.54 Å². The molecular formula is C7H6F3N3O2. The van der Waals surface area contributed by atoms with E-state index < -0.39 is 30.2 Å². The van der Waals surface area contributed by atoms with E-state index in [2.05, 4.69) is 9.97 Å². The van der Waals surface area contributed by atoms with Crippen LogP contribution >= 0.6 is 0 Å². The van der Waals surface area contributed by atoms with E-state index in [0.29, 0.717) is 0 Å². The fourth-order valence-electron chi connectivity index (χ4n) is 0.808. The van der Waals surface area contributed by atoms with Crippen molar-refractivity contribution in [3.63, 3.8) is 0 Å². The van der Waals surface area contributed by atoms with Gasteiger partial charge in [0.15, 0.2) is 11.5 Å². The van der Waals surface area contributed by atoms with Gasteiger partial charge in [0.05, 0.1) is 0 Å². The number of aromatic nitrogens is 2. The summed E-state index contributed by atoms with van der Waals surface area (Å²) >= 11 is 0. The molecule has 0 radical (unpaired) electrons. The highest BCUT2D eigenvalue weighted by Gasteiger charge is 2.27. The number of carbonyl (C=O) groups is 1. The van der Waals surface area contributed by atoms with Crippen LogP contribution < -0.4 is 5.32 Å². The third-order valence-corrected chi connectivity index (χ3v) is 1.36. The van der Waals surface area contributed by atoms with Crippen molar-refractivity contribution in [1.82, 2.24) is 9.97 Å². The molecule has 0 aromatic carbocycles. The Morgan fingerprint density at radius 1 is 1.40 bits per heavy atom. The lowest BCUT2D eigenvalue weighted by molar-refractivity contribution is -0.115. The number of nitrogens with one attached hydrogen (secondary N) is 1. The molecule has 1 rings (SSSR count). The number of hydrogen-bond donors (Lipinski definition) is 2. The predicted octanol–water partition coefficient (Wildman–Crippen LogP) is 1.15. The van der Waals surface area contributed by atoms with Gasteiger partial charge in [-0.2, -0.15) is 13.2 Å². The van der Waals surface area contributed by atoms with Crippen LogP contribution in [0, 0.1) is 0 Å². The van der Waals surface area contributed by atoms with Crippen molar-refractivity contribution in [1.29, 1.82) is 0 Å². The van der Waals surface area contributed by atoms with Gasteiger partial charge in [0.25, 0.3) is 0 Å². The number of carboxylic acids is 1. The molecule has 0 bridgehead atoms. The van der Waals surface area contributed by atoms with Crippen molar-refractivity contribution in [2.45, 2.75) is 6.18 Å². The molecular weight excluding hydrogens is 215 g/mol. The Bertz CT molecular complexity index is 367. The summed E-state index contributed by atoms with van der Waals surface area (Å²) in [4.78, 5) is 17.4. The zero-order valence-corrected chi connectivity index (χ0v) is 7.25. The van der Waals surface area contributed by atoms with E-state index >= 15 is 0 Å². The zero-order valence-electron chi connectivity index (χ0n) is 7.25. The Labute approximate surface area is 82.0 Å². The number of alkyl halides is 3. The molecule has 1 heterocycles. The Kier molecular flexibility index (Phi) is 3.08. The number of nitrogens with zero attached hydrogens (tertiary/aromatic N) is 2. The summed E-state index contributed by atoms with van der Waals surface area (Å²) in [6.07, 6.45) is -2.25. The van der Waals surface area contributed by atoms with Gasteiger partial charge >= 0.3 is 12.1 Å². The molecule has 1 aromatic rings. The van der Waals surface area contributed by atoms with E-state index in [-0.39, 0.29) is 0 Å². The lowest BCUT2D eigenvalue weighted by Gasteiger charge is -2.09. The van der Waals surface area contributed by atoms with Crippen LogP contribution in [0.5, 0.6) is 0 Å². The van der Waals surface area contributed by atoms with E-state index in [1.165, 1.54) is 0 Å². The second kappa shape index (κ2) is 4.11. The Hall–Kier alpha value is -1.86. The van der Waals surface area contributed by atoms with Gasteiger partial charge in [-0.1, -0.05) is 0 Å². The van der Waals surface area contributed by atoms with Crippen LogP contribution in [0.2, 0.25) is 0 Å². The van der Waals surface area contributed by atoms with Crippen LogP contribution in [-0.2, 0) is 0 Å². The predicted molar refractivity (Wildman–Crippen MR) is 43.5 cm³/mol. The van der Waals surface area contributed by atoms with E-state index in [0.717, 1.165) is 12.4 Å². The maximum atomic E-state index is 11.8. The molecule has 0 unspecified atom stereocenters. The Morgan fingerprint density at radius 3 is 2.53 bits per heavy atom. The molecule has 0 amide bonds. The minimum Gasteiger partial charge on any atom is -0.476 e. The van der Waals surface area contributed by atoms with Gasteiger partial charge in [-0.15, -0.1) is 0 Å². The molecule has 15 heavy (non-hydrogen) atoms. The molecule has 0 aliphatic carbocycles. The molecule has 0 aliphatic rings. The van der Waals surface area contributed by atoms with Crippen molar-refractivity contribution in [3.8, 4) is 0 Å². The molecule has 0 atom stereocenters. The normalized spacial score (nSPS) is 11.1. The molecule has 0 fully saturated rings. The number of carboxylic acid groups (broad SMARTS) is 1. The molecule has 2 N–H and O–H groups in total. The first-order valence-corrected chi connectivity index (χ1v) is 3.75. The molecule has 0 saturated heterocycles. The maximum absolute atomic E-state index is 11.8. The Balaban J connectivity index is 2.81. The fourth-order valence-corrected chi connectivity index (χ4v) is 0.808. The topological polar surface area (TPSA) is 75.1 Å². The van der Waals surface area contributed by atoms with Crippen LogP contribution in [0.4, 0.5) is 19.0 Å². The summed E-state index contributed by atoms with van der Waals surface area (Å²) in [7, 11) is 0. The molecule has 8 heteroatoms. The second-order valence-electron chi connectivity index (χ2n) is 2.53. The first-order chi connectivity index (χ1) is 6.90. The smallest absolute Gasteiger partial charge is 0.405 e. The second-order valence-corrected chi connectivity index (χ2v) is 2.53. The SMILES string of the molecule is O=C(O)c1nccnc1NCC(F)(F)F. The quantitative estimate of drug-likeness (QED) is 0.800. The van der Waals surface area contributed by atoms with Crippen molar-refractivity contribution < 1.29 is 23.1 Å². The average Bonchev–Trinajstić information content (AvgIpc) is 2.14. The van der Waals surface area contributed by atoms with Crippen molar-refractivity contribution in [2.75, 3.05) is 11.9 Å². The molecule has 1 aromatic heterocycles. The summed E-state index contributed by atoms with van der Waals surface area (Å²) in [5.41, 5.74) is -0.540. The van der Waals surface area contributed by atoms with Gasteiger partial charge in [0.2, 0.25) is 0 Å². The third-order valence-electron chi connectivity index (χ3n) is 1.36. The van der Waals surface area contributed by atoms with E-state index in [4.69, 9.17) is 5.11 Å². The highest BCUT2D eigenvalue weighted by atomic mass is 19.4. The van der Waals surface area contributed by atoms with Crippen LogP contribution in [0.15, 0.2) is 12.4 Å². The minimum atomic E-state index is -4.44. The van der Waals surface area contributed by atoms with Gasteiger partial charge < -0.3 is 10.4 Å². The Morgan fingerprint density at radius 2 is 2.00 bits per heavy atom. The van der Waals surface area contributed by atoms with Crippen LogP contribution in [0.25, 0.3) is 0 Å². The zero-order chi connectivity index (χ0) is 11.5. The van der Waals surface area contributed by atoms with Crippen molar-refractivity contribution in [2.24, 2.45) is 0 Å². The molecule has 0 saturated carbocycles. The van der Waals surface area contributed by atoms with Gasteiger partial charge in [-0.25, -0.2) is 14.8 Å². The standard InChI is InChI=1S/C7H6F3N3O2/c8-7(9,10)3-13-5-4(6(14)15)11-1-2-12-5/h1-2H,3H2,(H,12,13)(H,14,15). The van der Waals surface area contributed by atoms with Crippen LogP contribution in [0.3, 0.4) is 0 Å². The molecule has 0 spiro atoms. The van der Waals surface area contributed by atoms with Gasteiger partial charge in [-0.3, -0.25) is 0 Å². The van der Waals surface area contributed by atoms with E-state index in [9.17, 15) is 18.0 Å². The number of rotatable bonds is 3. The van der Waals surface area contributed by atoms with Gasteiger partial charge in [-0.05, 0) is 0 Å². The highest BCUT2D eigenvalue weighted by molar-refractivity contribution is 5.90. The minimum absolute atomic E-state index is 0.401. The number of anilines is 1.